The smallest absolute Gasteiger partial charge is 0.429 e. The molecule has 22 nitrogen and oxygen atoms in total. The van der Waals surface area contributed by atoms with E-state index in [1.165, 1.54) is 20.2 Å². The van der Waals surface area contributed by atoms with Gasteiger partial charge in [-0.15, -0.1) is 16.0 Å². The van der Waals surface area contributed by atoms with Crippen molar-refractivity contribution in [1.82, 2.24) is 40.4 Å². The molecule has 330 valence electrons. The van der Waals surface area contributed by atoms with Gasteiger partial charge in [0.05, 0.1) is 37.1 Å². The normalized spacial score (nSPS) is 17.4. The van der Waals surface area contributed by atoms with Crippen molar-refractivity contribution in [1.29, 1.82) is 0 Å². The van der Waals surface area contributed by atoms with E-state index < -0.39 is 87.3 Å². The highest BCUT2D eigenvalue weighted by Gasteiger charge is 2.53. The number of carbonyl (C=O) groups excluding carboxylic acids is 5. The predicted octanol–water partition coefficient (Wildman–Crippen LogP) is 1.77. The molecule has 0 radical (unpaired) electrons. The molecule has 0 saturated carbocycles. The lowest BCUT2D eigenvalue weighted by Crippen LogP contribution is -2.75. The molecule has 0 aromatic carbocycles. The molecular weight excluding hydrogens is 837 g/mol. The van der Waals surface area contributed by atoms with Crippen LogP contribution in [0.25, 0.3) is 10.6 Å². The minimum absolute atomic E-state index is 0.00962. The van der Waals surface area contributed by atoms with Crippen LogP contribution in [0.1, 0.15) is 78.9 Å². The van der Waals surface area contributed by atoms with Crippen molar-refractivity contribution < 1.29 is 60.9 Å². The van der Waals surface area contributed by atoms with Crippen LogP contribution in [0.15, 0.2) is 23.6 Å². The number of thioether (sulfide) groups is 1. The van der Waals surface area contributed by atoms with Crippen LogP contribution in [0.2, 0.25) is 0 Å². The van der Waals surface area contributed by atoms with E-state index in [0.29, 0.717) is 10.6 Å². The Balaban J connectivity index is 1.67. The Morgan fingerprint density at radius 3 is 2.20 bits per heavy atom. The number of aliphatic hydroxyl groups is 1. The Morgan fingerprint density at radius 2 is 1.64 bits per heavy atom. The maximum absolute atomic E-state index is 13.2. The summed E-state index contributed by atoms with van der Waals surface area (Å²) in [5.41, 5.74) is -0.705. The zero-order chi connectivity index (χ0) is 44.8. The average Bonchev–Trinajstić information content (AvgIpc) is 3.70. The maximum Gasteiger partial charge on any atom is 0.429 e. The monoisotopic (exact) mass is 891 g/mol. The Hall–Kier alpha value is -4.56. The number of nitrogens with zero attached hydrogens (tertiary/aromatic N) is 6. The van der Waals surface area contributed by atoms with E-state index in [1.807, 2.05) is 0 Å². The second-order valence-electron chi connectivity index (χ2n) is 16.2. The number of hydrogen-bond donors (Lipinski definition) is 6. The quantitative estimate of drug-likeness (QED) is 0.0259. The van der Waals surface area contributed by atoms with Crippen LogP contribution in [-0.2, 0) is 42.9 Å². The number of hydrogen-bond acceptors (Lipinski definition) is 16. The number of aliphatic hydroxyl groups excluding tert-OH is 1. The fourth-order valence-corrected chi connectivity index (χ4v) is 7.56. The number of amides is 5. The summed E-state index contributed by atoms with van der Waals surface area (Å²) >= 11 is 1.76. The van der Waals surface area contributed by atoms with Gasteiger partial charge in [-0.2, -0.15) is 13.1 Å². The second-order valence-corrected chi connectivity index (χ2v) is 19.6. The molecule has 3 rings (SSSR count). The van der Waals surface area contributed by atoms with Crippen molar-refractivity contribution in [3.05, 3.63) is 23.5 Å². The van der Waals surface area contributed by atoms with Crippen molar-refractivity contribution in [2.45, 2.75) is 116 Å². The minimum Gasteiger partial charge on any atom is -0.444 e. The van der Waals surface area contributed by atoms with E-state index in [4.69, 9.17) is 14.2 Å². The lowest BCUT2D eigenvalue weighted by Gasteiger charge is -2.45. The van der Waals surface area contributed by atoms with Crippen molar-refractivity contribution in [3.8, 4) is 10.6 Å². The number of amidine groups is 1. The number of aromatic nitrogens is 3. The maximum atomic E-state index is 13.2. The van der Waals surface area contributed by atoms with Gasteiger partial charge in [0.1, 0.15) is 38.2 Å². The molecule has 3 heterocycles. The lowest BCUT2D eigenvalue weighted by atomic mass is 9.97. The van der Waals surface area contributed by atoms with Gasteiger partial charge in [0, 0.05) is 19.6 Å². The summed E-state index contributed by atoms with van der Waals surface area (Å²) in [4.78, 5) is 72.1. The predicted molar refractivity (Wildman–Crippen MR) is 216 cm³/mol. The molecular formula is C34H55N10O12S3+. The minimum atomic E-state index is -5.01. The zero-order valence-corrected chi connectivity index (χ0v) is 37.5. The van der Waals surface area contributed by atoms with Crippen molar-refractivity contribution in [3.63, 3.8) is 0 Å². The fourth-order valence-electron chi connectivity index (χ4n) is 5.11. The number of alkyl carbamates (subject to hydrolysis) is 1. The standard InChI is InChI=1S/C34H54N10O12S3/c1-19(27(47)58-28(35-11)39-29(48)54-32(2,3)4)38-23-21(44(26(23)46)59(51,52)53)15-36-24(45)22-16-37-25(57-22)20-17-41(12)42(18-20)13-14-43(31(50)56-34(8,9)10)40-30(49)55-33(5,6)7/h16-19,21,23,27,38,47H,13-15H2,1-12H3,(H3-,35,36,39,40,45,48,49,51,52,53)/p+1/t19-,21+,23-,27?/m0/s1. The molecule has 0 spiro atoms. The van der Waals surface area contributed by atoms with Gasteiger partial charge in [0.25, 0.3) is 11.8 Å². The van der Waals surface area contributed by atoms with Gasteiger partial charge in [-0.1, -0.05) is 11.8 Å². The summed E-state index contributed by atoms with van der Waals surface area (Å²) < 4.78 is 53.6. The van der Waals surface area contributed by atoms with Crippen LogP contribution in [-0.4, -0.2) is 133 Å². The number of aryl methyl sites for hydroxylation is 1. The first-order valence-electron chi connectivity index (χ1n) is 18.2. The summed E-state index contributed by atoms with van der Waals surface area (Å²) in [6.07, 6.45) is 2.33. The summed E-state index contributed by atoms with van der Waals surface area (Å²) in [5.74, 6) is -1.66. The number of nitrogens with one attached hydrogen (secondary N) is 4. The Morgan fingerprint density at radius 1 is 1.05 bits per heavy atom. The van der Waals surface area contributed by atoms with Gasteiger partial charge in [0.2, 0.25) is 6.20 Å². The summed E-state index contributed by atoms with van der Waals surface area (Å²) in [5, 5.41) is 20.1. The lowest BCUT2D eigenvalue weighted by molar-refractivity contribution is -0.753. The number of ether oxygens (including phenoxy) is 3. The van der Waals surface area contributed by atoms with Gasteiger partial charge in [0.15, 0.2) is 12.2 Å². The Bertz CT molecular complexity index is 2000. The third-order valence-corrected chi connectivity index (χ3v) is 10.7. The summed E-state index contributed by atoms with van der Waals surface area (Å²) in [6.45, 7) is 16.4. The van der Waals surface area contributed by atoms with Gasteiger partial charge < -0.3 is 24.6 Å². The fraction of sp³-hybridized carbons (Fsp3) is 0.647. The van der Waals surface area contributed by atoms with Crippen molar-refractivity contribution in [2.75, 3.05) is 20.1 Å². The van der Waals surface area contributed by atoms with E-state index in [2.05, 4.69) is 31.4 Å². The first-order valence-corrected chi connectivity index (χ1v) is 21.3. The molecule has 1 saturated heterocycles. The number of thiazole rings is 1. The topological polar surface area (TPSA) is 276 Å². The largest absolute Gasteiger partial charge is 0.444 e. The molecule has 1 aliphatic rings. The van der Waals surface area contributed by atoms with Crippen molar-refractivity contribution in [2.24, 2.45) is 12.0 Å². The van der Waals surface area contributed by atoms with Gasteiger partial charge in [-0.05, 0) is 69.2 Å². The zero-order valence-electron chi connectivity index (χ0n) is 35.0. The number of β-lactam (4-membered cyclic amide) rings is 1. The number of carbonyl (C=O) groups is 5. The molecule has 1 fully saturated rings. The molecule has 1 aliphatic heterocycles. The molecule has 25 heteroatoms. The first kappa shape index (κ1) is 48.8. The van der Waals surface area contributed by atoms with E-state index in [1.54, 1.807) is 91.1 Å². The van der Waals surface area contributed by atoms with Gasteiger partial charge in [-0.3, -0.25) is 29.8 Å². The van der Waals surface area contributed by atoms with Crippen LogP contribution < -0.4 is 26.1 Å². The van der Waals surface area contributed by atoms with E-state index in [-0.39, 0.29) is 27.4 Å². The molecule has 59 heavy (non-hydrogen) atoms. The van der Waals surface area contributed by atoms with Gasteiger partial charge in [-0.25, -0.2) is 34.1 Å². The highest BCUT2D eigenvalue weighted by atomic mass is 32.2. The van der Waals surface area contributed by atoms with E-state index in [0.717, 1.165) is 28.1 Å². The molecule has 0 aliphatic carbocycles. The first-order chi connectivity index (χ1) is 27.0. The number of rotatable bonds is 12. The summed E-state index contributed by atoms with van der Waals surface area (Å²) in [6, 6.07) is -3.41. The highest BCUT2D eigenvalue weighted by molar-refractivity contribution is 8.14. The molecule has 4 atom stereocenters. The summed E-state index contributed by atoms with van der Waals surface area (Å²) in [7, 11) is -1.89. The van der Waals surface area contributed by atoms with Crippen LogP contribution >= 0.6 is 23.1 Å². The van der Waals surface area contributed by atoms with Crippen molar-refractivity contribution >= 4 is 68.7 Å². The third kappa shape index (κ3) is 14.9. The molecule has 0 bridgehead atoms. The number of hydrazine groups is 1. The average molecular weight is 892 g/mol. The van der Waals surface area contributed by atoms with Crippen LogP contribution in [0.3, 0.4) is 0 Å². The van der Waals surface area contributed by atoms with E-state index >= 15 is 0 Å². The molecule has 2 aromatic heterocycles. The van der Waals surface area contributed by atoms with E-state index in [9.17, 15) is 42.0 Å². The number of aliphatic imine (C=N–C) groups is 1. The second kappa shape index (κ2) is 19.2. The third-order valence-electron chi connectivity index (χ3n) is 7.59. The molecule has 2 aromatic rings. The Labute approximate surface area is 351 Å². The molecule has 1 unspecified atom stereocenters. The van der Waals surface area contributed by atoms with Crippen LogP contribution in [0.5, 0.6) is 0 Å². The molecule has 5 amide bonds. The Kier molecular flexibility index (Phi) is 15.9. The van der Waals surface area contributed by atoms with Gasteiger partial charge >= 0.3 is 28.6 Å². The van der Waals surface area contributed by atoms with Crippen LogP contribution in [0, 0.1) is 0 Å². The highest BCUT2D eigenvalue weighted by Crippen LogP contribution is 2.27. The molecule has 6 N–H and O–H groups in total. The SMILES string of the molecule is CN=C(NC(=O)OC(C)(C)C)SC(O)[C@H](C)N[C@@H]1C(=O)N(S(=O)(=O)O)[C@@H]1CNC(=O)c1cnc(-c2cn(CCN(NC(=O)OC(C)(C)C)C(=O)OC(C)(C)C)[n+](C)c2)s1. The van der Waals surface area contributed by atoms with Crippen LogP contribution in [0.4, 0.5) is 14.4 Å².